The summed E-state index contributed by atoms with van der Waals surface area (Å²) in [5.41, 5.74) is 2.62. The van der Waals surface area contributed by atoms with Crippen LogP contribution in [0.4, 0.5) is 0 Å². The Morgan fingerprint density at radius 3 is 2.09 bits per heavy atom. The molecule has 0 aliphatic heterocycles. The molecule has 3 nitrogen and oxygen atoms in total. The lowest BCUT2D eigenvalue weighted by atomic mass is 9.92. The van der Waals surface area contributed by atoms with Gasteiger partial charge in [0.2, 0.25) is 0 Å². The van der Waals surface area contributed by atoms with Gasteiger partial charge in [0.25, 0.3) is 0 Å². The van der Waals surface area contributed by atoms with Crippen molar-refractivity contribution in [3.8, 4) is 16.9 Å². The average Bonchev–Trinajstić information content (AvgIpc) is 1.96. The molecule has 0 spiro atoms. The van der Waals surface area contributed by atoms with Crippen molar-refractivity contribution in [2.24, 2.45) is 0 Å². The van der Waals surface area contributed by atoms with E-state index in [0.29, 0.717) is 0 Å². The van der Waals surface area contributed by atoms with Gasteiger partial charge >= 0.3 is 7.69 Å². The Kier molecular flexibility index (Phi) is 2.51. The first-order valence-electron chi connectivity index (χ1n) is 3.23. The molecule has 0 aromatic rings. The summed E-state index contributed by atoms with van der Waals surface area (Å²) < 4.78 is 4.97. The minimum Gasteiger partial charge on any atom is -0.496 e. The van der Waals surface area contributed by atoms with Crippen LogP contribution >= 0.6 is 0 Å². The molecule has 0 heterocycles. The summed E-state index contributed by atoms with van der Waals surface area (Å²) in [6.07, 6.45) is 0. The second-order valence-corrected chi connectivity index (χ2v) is 2.06. The summed E-state index contributed by atoms with van der Waals surface area (Å²) in [5, 5.41) is 14.2. The molecule has 0 saturated heterocycles. The number of fused-ring (bicyclic) bond motifs is 1. The van der Waals surface area contributed by atoms with Crippen molar-refractivity contribution in [2.45, 2.75) is 0 Å². The Morgan fingerprint density at radius 2 is 2.00 bits per heavy atom. The molecule has 2 aliphatic rings. The Morgan fingerprint density at radius 1 is 1.36 bits per heavy atom. The molecule has 0 atom stereocenters. The van der Waals surface area contributed by atoms with Crippen molar-refractivity contribution in [3.05, 3.63) is 18.2 Å². The van der Waals surface area contributed by atoms with Gasteiger partial charge in [-0.3, -0.25) is 0 Å². The van der Waals surface area contributed by atoms with Gasteiger partial charge in [-0.15, -0.1) is 0 Å². The van der Waals surface area contributed by atoms with E-state index in [0.717, 1.165) is 5.75 Å². The van der Waals surface area contributed by atoms with Gasteiger partial charge in [0.05, 0.1) is 7.11 Å². The van der Waals surface area contributed by atoms with Crippen LogP contribution in [-0.2, 0) is 0 Å². The standard InChI is InChI=1S/C7H6O.BH3O2/c1-8-7-4-5-2-3-6(5)7;2-1-3/h2-4H,1H3;1-3H. The molecule has 0 unspecified atom stereocenters. The third-order valence-corrected chi connectivity index (χ3v) is 1.51. The summed E-state index contributed by atoms with van der Waals surface area (Å²) in [6, 6.07) is 6.18. The summed E-state index contributed by atoms with van der Waals surface area (Å²) in [6.45, 7) is 0. The van der Waals surface area contributed by atoms with Crippen LogP contribution in [0.5, 0.6) is 5.75 Å². The molecule has 0 radical (unpaired) electrons. The highest BCUT2D eigenvalue weighted by molar-refractivity contribution is 6.13. The first kappa shape index (κ1) is 8.10. The Hall–Kier alpha value is -0.995. The highest BCUT2D eigenvalue weighted by atomic mass is 16.5. The number of hydrogen-bond acceptors (Lipinski definition) is 3. The number of rotatable bonds is 1. The summed E-state index contributed by atoms with van der Waals surface area (Å²) in [4.78, 5) is 0. The molecular formula is C7H9BO3. The fraction of sp³-hybridized carbons (Fsp3) is 0.143. The molecule has 0 amide bonds. The van der Waals surface area contributed by atoms with Crippen LogP contribution in [0, 0.1) is 0 Å². The lowest BCUT2D eigenvalue weighted by Crippen LogP contribution is -1.96. The lowest BCUT2D eigenvalue weighted by Gasteiger charge is -2.18. The van der Waals surface area contributed by atoms with Crippen LogP contribution in [0.1, 0.15) is 0 Å². The SMILES string of the molecule is COc1cc2ccc1-2.OBO. The van der Waals surface area contributed by atoms with Crippen molar-refractivity contribution in [2.75, 3.05) is 7.11 Å². The van der Waals surface area contributed by atoms with Gasteiger partial charge in [0, 0.05) is 5.56 Å². The zero-order valence-electron chi connectivity index (χ0n) is 6.24. The normalized spacial score (nSPS) is 9.36. The zero-order chi connectivity index (χ0) is 8.27. The fourth-order valence-electron chi connectivity index (χ4n) is 0.923. The minimum atomic E-state index is -0.750. The molecule has 2 rings (SSSR count). The van der Waals surface area contributed by atoms with E-state index >= 15 is 0 Å². The van der Waals surface area contributed by atoms with Crippen LogP contribution in [0.3, 0.4) is 0 Å². The van der Waals surface area contributed by atoms with E-state index in [1.54, 1.807) is 7.11 Å². The van der Waals surface area contributed by atoms with E-state index in [4.69, 9.17) is 14.8 Å². The summed E-state index contributed by atoms with van der Waals surface area (Å²) in [7, 11) is 0.946. The second kappa shape index (κ2) is 3.41. The van der Waals surface area contributed by atoms with Gasteiger partial charge in [-0.2, -0.15) is 0 Å². The maximum atomic E-state index is 7.12. The van der Waals surface area contributed by atoms with Crippen LogP contribution in [0.2, 0.25) is 0 Å². The minimum absolute atomic E-state index is 0.750. The predicted molar refractivity (Wildman–Crippen MR) is 43.6 cm³/mol. The molecular weight excluding hydrogens is 143 g/mol. The van der Waals surface area contributed by atoms with E-state index in [9.17, 15) is 0 Å². The molecule has 0 saturated carbocycles. The van der Waals surface area contributed by atoms with E-state index in [1.807, 2.05) is 6.07 Å². The first-order valence-corrected chi connectivity index (χ1v) is 3.23. The maximum absolute atomic E-state index is 7.12. The van der Waals surface area contributed by atoms with Gasteiger partial charge in [0.15, 0.2) is 0 Å². The Labute approximate surface area is 65.6 Å². The number of methoxy groups -OCH3 is 1. The lowest BCUT2D eigenvalue weighted by molar-refractivity contribution is 0.412. The van der Waals surface area contributed by atoms with Crippen LogP contribution in [0.25, 0.3) is 11.1 Å². The zero-order valence-corrected chi connectivity index (χ0v) is 6.24. The smallest absolute Gasteiger partial charge is 0.432 e. The predicted octanol–water partition coefficient (Wildman–Crippen LogP) is -0.0869. The number of benzene rings is 1. The summed E-state index contributed by atoms with van der Waals surface area (Å²) in [5.74, 6) is 1.03. The second-order valence-electron chi connectivity index (χ2n) is 2.06. The quantitative estimate of drug-likeness (QED) is 0.561. The fourth-order valence-corrected chi connectivity index (χ4v) is 0.923. The molecule has 0 aromatic carbocycles. The van der Waals surface area contributed by atoms with E-state index in [2.05, 4.69) is 12.1 Å². The molecule has 0 fully saturated rings. The highest BCUT2D eigenvalue weighted by Gasteiger charge is 2.15. The molecule has 2 N–H and O–H groups in total. The third kappa shape index (κ3) is 1.36. The Bertz CT molecular complexity index is 249. The molecule has 2 aliphatic carbocycles. The molecule has 0 bridgehead atoms. The van der Waals surface area contributed by atoms with Gasteiger partial charge in [-0.1, -0.05) is 12.1 Å². The molecule has 11 heavy (non-hydrogen) atoms. The van der Waals surface area contributed by atoms with Crippen LogP contribution < -0.4 is 4.74 Å². The number of hydrogen-bond donors (Lipinski definition) is 2. The van der Waals surface area contributed by atoms with Crippen molar-refractivity contribution < 1.29 is 14.8 Å². The van der Waals surface area contributed by atoms with E-state index in [-0.39, 0.29) is 0 Å². The third-order valence-electron chi connectivity index (χ3n) is 1.51. The van der Waals surface area contributed by atoms with E-state index in [1.165, 1.54) is 11.1 Å². The summed E-state index contributed by atoms with van der Waals surface area (Å²) >= 11 is 0. The van der Waals surface area contributed by atoms with Crippen molar-refractivity contribution in [1.29, 1.82) is 0 Å². The first-order chi connectivity index (χ1) is 5.33. The van der Waals surface area contributed by atoms with Crippen molar-refractivity contribution in [3.63, 3.8) is 0 Å². The monoisotopic (exact) mass is 152 g/mol. The largest absolute Gasteiger partial charge is 0.496 e. The maximum Gasteiger partial charge on any atom is 0.432 e. The average molecular weight is 152 g/mol. The topological polar surface area (TPSA) is 49.7 Å². The van der Waals surface area contributed by atoms with Crippen LogP contribution in [0.15, 0.2) is 18.2 Å². The van der Waals surface area contributed by atoms with Gasteiger partial charge in [-0.25, -0.2) is 0 Å². The molecule has 58 valence electrons. The van der Waals surface area contributed by atoms with Crippen molar-refractivity contribution >= 4 is 7.69 Å². The van der Waals surface area contributed by atoms with Crippen LogP contribution in [-0.4, -0.2) is 24.8 Å². The van der Waals surface area contributed by atoms with E-state index < -0.39 is 7.69 Å². The van der Waals surface area contributed by atoms with Crippen molar-refractivity contribution in [1.82, 2.24) is 0 Å². The molecule has 4 heteroatoms. The highest BCUT2D eigenvalue weighted by Crippen LogP contribution is 2.42. The van der Waals surface area contributed by atoms with Gasteiger partial charge in [0.1, 0.15) is 5.75 Å². The number of ether oxygens (including phenoxy) is 1. The van der Waals surface area contributed by atoms with Gasteiger partial charge in [-0.05, 0) is 11.6 Å². The Balaban J connectivity index is 0.000000179. The van der Waals surface area contributed by atoms with Gasteiger partial charge < -0.3 is 14.8 Å². The molecule has 0 aromatic heterocycles.